The van der Waals surface area contributed by atoms with Crippen LogP contribution in [0.15, 0.2) is 30.3 Å². The summed E-state index contributed by atoms with van der Waals surface area (Å²) in [5, 5.41) is 0. The maximum atomic E-state index is 11.7. The summed E-state index contributed by atoms with van der Waals surface area (Å²) >= 11 is 1.48. The highest BCUT2D eigenvalue weighted by atomic mass is 32.2. The van der Waals surface area contributed by atoms with E-state index in [0.29, 0.717) is 0 Å². The molecule has 2 aliphatic heterocycles. The molecule has 0 radical (unpaired) electrons. The summed E-state index contributed by atoms with van der Waals surface area (Å²) in [5.74, 6) is -0.182. The smallest absolute Gasteiger partial charge is 0.303 e. The van der Waals surface area contributed by atoms with Gasteiger partial charge in [0.05, 0.1) is 6.61 Å². The first-order valence-corrected chi connectivity index (χ1v) is 9.98. The molecule has 0 aromatic heterocycles. The Balaban J connectivity index is 1.86. The Morgan fingerprint density at radius 3 is 2.37 bits per heavy atom. The summed E-state index contributed by atoms with van der Waals surface area (Å²) in [6, 6.07) is 9.49. The summed E-state index contributed by atoms with van der Waals surface area (Å²) in [7, 11) is 0. The molecule has 0 saturated carbocycles. The van der Waals surface area contributed by atoms with Crippen LogP contribution in [0, 0.1) is 0 Å². The van der Waals surface area contributed by atoms with Gasteiger partial charge in [0.15, 0.2) is 18.5 Å². The van der Waals surface area contributed by atoms with Gasteiger partial charge in [-0.2, -0.15) is 0 Å². The summed E-state index contributed by atoms with van der Waals surface area (Å²) in [5.41, 5.74) is 0.386. The molecule has 4 unspecified atom stereocenters. The second-order valence-electron chi connectivity index (χ2n) is 6.32. The van der Waals surface area contributed by atoms with Gasteiger partial charge < -0.3 is 23.7 Å². The van der Waals surface area contributed by atoms with Crippen LogP contribution in [0.4, 0.5) is 0 Å². The van der Waals surface area contributed by atoms with E-state index in [1.807, 2.05) is 37.3 Å². The fourth-order valence-corrected chi connectivity index (χ4v) is 4.22. The highest BCUT2D eigenvalue weighted by Crippen LogP contribution is 2.39. The molecular formula is C19H24O7S. The number of ether oxygens (including phenoxy) is 5. The lowest BCUT2D eigenvalue weighted by Gasteiger charge is -2.48. The molecule has 6 atom stereocenters. The zero-order chi connectivity index (χ0) is 19.4. The fourth-order valence-electron chi connectivity index (χ4n) is 3.27. The quantitative estimate of drug-likeness (QED) is 0.702. The van der Waals surface area contributed by atoms with Crippen molar-refractivity contribution < 1.29 is 33.3 Å². The Kier molecular flexibility index (Phi) is 6.75. The standard InChI is InChI=1S/C19H24O7S/c1-4-27-19-17(24-12(3)21)16(23-11(2)20)15-14(25-19)10-22-18(26-15)13-8-6-5-7-9-13/h5-9,14-19H,4,10H2,1-3H3/t14?,15-,16?,17?,18?,19-/m0/s1. The lowest BCUT2D eigenvalue weighted by molar-refractivity contribution is -0.320. The summed E-state index contributed by atoms with van der Waals surface area (Å²) in [4.78, 5) is 23.4. The van der Waals surface area contributed by atoms with Crippen molar-refractivity contribution in [1.29, 1.82) is 0 Å². The number of benzene rings is 1. The van der Waals surface area contributed by atoms with Crippen LogP contribution in [-0.2, 0) is 33.3 Å². The van der Waals surface area contributed by atoms with E-state index in [9.17, 15) is 9.59 Å². The molecule has 0 N–H and O–H groups in total. The van der Waals surface area contributed by atoms with Gasteiger partial charge in [-0.15, -0.1) is 11.8 Å². The van der Waals surface area contributed by atoms with Crippen LogP contribution in [0.3, 0.4) is 0 Å². The molecule has 27 heavy (non-hydrogen) atoms. The first-order valence-electron chi connectivity index (χ1n) is 8.93. The van der Waals surface area contributed by atoms with E-state index < -0.39 is 48.1 Å². The van der Waals surface area contributed by atoms with Gasteiger partial charge in [0.1, 0.15) is 17.6 Å². The number of carbonyl (C=O) groups excluding carboxylic acids is 2. The number of hydrogen-bond acceptors (Lipinski definition) is 8. The Labute approximate surface area is 162 Å². The van der Waals surface area contributed by atoms with E-state index in [1.54, 1.807) is 0 Å². The van der Waals surface area contributed by atoms with E-state index in [1.165, 1.54) is 25.6 Å². The van der Waals surface area contributed by atoms with Crippen LogP contribution in [0.5, 0.6) is 0 Å². The van der Waals surface area contributed by atoms with E-state index in [4.69, 9.17) is 23.7 Å². The zero-order valence-electron chi connectivity index (χ0n) is 15.5. The minimum absolute atomic E-state index is 0.287. The average Bonchev–Trinajstić information content (AvgIpc) is 2.64. The zero-order valence-corrected chi connectivity index (χ0v) is 16.3. The Bertz CT molecular complexity index is 653. The van der Waals surface area contributed by atoms with Crippen LogP contribution in [0.2, 0.25) is 0 Å². The van der Waals surface area contributed by atoms with Crippen LogP contribution >= 0.6 is 11.8 Å². The maximum Gasteiger partial charge on any atom is 0.303 e. The van der Waals surface area contributed by atoms with Crippen LogP contribution in [0.1, 0.15) is 32.6 Å². The molecule has 0 aliphatic carbocycles. The number of hydrogen-bond donors (Lipinski definition) is 0. The largest absolute Gasteiger partial charge is 0.456 e. The predicted octanol–water partition coefficient (Wildman–Crippen LogP) is 2.44. The molecule has 2 saturated heterocycles. The molecule has 0 bridgehead atoms. The van der Waals surface area contributed by atoms with Gasteiger partial charge in [-0.1, -0.05) is 37.3 Å². The van der Waals surface area contributed by atoms with Gasteiger partial charge in [-0.25, -0.2) is 0 Å². The second kappa shape index (κ2) is 9.05. The van der Waals surface area contributed by atoms with Gasteiger partial charge in [-0.05, 0) is 5.75 Å². The summed E-state index contributed by atoms with van der Waals surface area (Å²) in [6.45, 7) is 4.91. The lowest BCUT2D eigenvalue weighted by atomic mass is 9.98. The molecule has 148 valence electrons. The average molecular weight is 396 g/mol. The predicted molar refractivity (Wildman–Crippen MR) is 97.9 cm³/mol. The summed E-state index contributed by atoms with van der Waals surface area (Å²) in [6.07, 6.45) is -3.17. The van der Waals surface area contributed by atoms with Crippen molar-refractivity contribution in [2.45, 2.75) is 56.9 Å². The molecule has 2 aliphatic rings. The molecule has 0 spiro atoms. The van der Waals surface area contributed by atoms with Crippen molar-refractivity contribution in [1.82, 2.24) is 0 Å². The molecule has 2 heterocycles. The summed E-state index contributed by atoms with van der Waals surface area (Å²) < 4.78 is 29.0. The maximum absolute atomic E-state index is 11.7. The normalized spacial score (nSPS) is 33.0. The molecule has 0 amide bonds. The Morgan fingerprint density at radius 1 is 1.07 bits per heavy atom. The Morgan fingerprint density at radius 2 is 1.74 bits per heavy atom. The van der Waals surface area contributed by atoms with Gasteiger partial charge >= 0.3 is 11.9 Å². The van der Waals surface area contributed by atoms with Gasteiger partial charge in [0.2, 0.25) is 0 Å². The topological polar surface area (TPSA) is 80.3 Å². The first kappa shape index (κ1) is 20.1. The second-order valence-corrected chi connectivity index (χ2v) is 7.70. The minimum atomic E-state index is -0.774. The molecule has 1 aromatic rings. The molecule has 1 aromatic carbocycles. The van der Waals surface area contributed by atoms with Crippen molar-refractivity contribution in [3.63, 3.8) is 0 Å². The van der Waals surface area contributed by atoms with Gasteiger partial charge in [0, 0.05) is 19.4 Å². The highest BCUT2D eigenvalue weighted by Gasteiger charge is 2.53. The SMILES string of the molecule is CCS[C@@H]1OC2COC(c3ccccc3)O[C@@H]2C(OC(C)=O)C1OC(C)=O. The number of fused-ring (bicyclic) bond motifs is 1. The minimum Gasteiger partial charge on any atom is -0.456 e. The third-order valence-electron chi connectivity index (χ3n) is 4.29. The molecule has 7 nitrogen and oxygen atoms in total. The van der Waals surface area contributed by atoms with Crippen molar-refractivity contribution in [3.05, 3.63) is 35.9 Å². The van der Waals surface area contributed by atoms with E-state index in [2.05, 4.69) is 0 Å². The molecule has 2 fully saturated rings. The van der Waals surface area contributed by atoms with E-state index >= 15 is 0 Å². The fraction of sp³-hybridized carbons (Fsp3) is 0.579. The molecular weight excluding hydrogens is 372 g/mol. The monoisotopic (exact) mass is 396 g/mol. The van der Waals surface area contributed by atoms with Crippen molar-refractivity contribution in [3.8, 4) is 0 Å². The number of thioether (sulfide) groups is 1. The first-order chi connectivity index (χ1) is 13.0. The van der Waals surface area contributed by atoms with Crippen LogP contribution < -0.4 is 0 Å². The van der Waals surface area contributed by atoms with E-state index in [0.717, 1.165) is 11.3 Å². The van der Waals surface area contributed by atoms with Crippen molar-refractivity contribution in [2.75, 3.05) is 12.4 Å². The number of esters is 2. The molecule has 3 rings (SSSR count). The van der Waals surface area contributed by atoms with Crippen molar-refractivity contribution >= 4 is 23.7 Å². The van der Waals surface area contributed by atoms with Gasteiger partial charge in [0.25, 0.3) is 0 Å². The lowest BCUT2D eigenvalue weighted by Crippen LogP contribution is -2.63. The number of rotatable bonds is 5. The van der Waals surface area contributed by atoms with Crippen molar-refractivity contribution in [2.24, 2.45) is 0 Å². The molecule has 8 heteroatoms. The van der Waals surface area contributed by atoms with Gasteiger partial charge in [-0.3, -0.25) is 9.59 Å². The Hall–Kier alpha value is -1.61. The number of carbonyl (C=O) groups is 2. The van der Waals surface area contributed by atoms with Crippen LogP contribution in [-0.4, -0.2) is 54.2 Å². The third kappa shape index (κ3) is 4.82. The highest BCUT2D eigenvalue weighted by molar-refractivity contribution is 7.99. The third-order valence-corrected chi connectivity index (χ3v) is 5.33. The van der Waals surface area contributed by atoms with Crippen LogP contribution in [0.25, 0.3) is 0 Å². The van der Waals surface area contributed by atoms with E-state index in [-0.39, 0.29) is 6.61 Å².